The van der Waals surface area contributed by atoms with Crippen LogP contribution in [0.3, 0.4) is 0 Å². The van der Waals surface area contributed by atoms with Gasteiger partial charge in [0, 0.05) is 45.5 Å². The summed E-state index contributed by atoms with van der Waals surface area (Å²) in [7, 11) is -0.543. The minimum absolute atomic E-state index is 0.0333. The van der Waals surface area contributed by atoms with Gasteiger partial charge in [0.15, 0.2) is 0 Å². The highest BCUT2D eigenvalue weighted by Gasteiger charge is 2.54. The fourth-order valence-corrected chi connectivity index (χ4v) is 6.73. The maximum absolute atomic E-state index is 13.1. The number of likely N-dealkylation sites (tertiary alicyclic amines) is 1. The predicted molar refractivity (Wildman–Crippen MR) is 139 cm³/mol. The number of hydrogen-bond donors (Lipinski definition) is 3. The smallest absolute Gasteiger partial charge is 0.242 e. The summed E-state index contributed by atoms with van der Waals surface area (Å²) in [5.74, 6) is 0.276. The highest BCUT2D eigenvalue weighted by atomic mass is 32.2. The number of aromatic nitrogens is 1. The number of nitrogens with zero attached hydrogens (tertiary/aromatic N) is 5. The lowest BCUT2D eigenvalue weighted by Crippen LogP contribution is -2.62. The minimum Gasteiger partial charge on any atom is -0.448 e. The average molecular weight is 543 g/mol. The minimum atomic E-state index is -3.53. The van der Waals surface area contributed by atoms with Crippen molar-refractivity contribution in [3.63, 3.8) is 0 Å². The first-order valence-electron chi connectivity index (χ1n) is 12.8. The number of carbonyl (C=O) groups is 1. The SMILES string of the molecule is CN(C)S(=O)(=O)c1ccc(NC2NN(C3(CC#N)CCN(Cc4ncco4)CC3)C3CCNC(=O)C23)cc1. The molecule has 1 aromatic heterocycles. The van der Waals surface area contributed by atoms with E-state index in [0.717, 1.165) is 32.4 Å². The van der Waals surface area contributed by atoms with Crippen LogP contribution in [0.5, 0.6) is 0 Å². The molecule has 5 rings (SSSR count). The zero-order chi connectivity index (χ0) is 26.9. The van der Waals surface area contributed by atoms with E-state index < -0.39 is 21.7 Å². The van der Waals surface area contributed by atoms with Crippen LogP contribution < -0.4 is 16.1 Å². The van der Waals surface area contributed by atoms with E-state index in [1.807, 2.05) is 0 Å². The molecule has 3 N–H and O–H groups in total. The Morgan fingerprint density at radius 3 is 2.63 bits per heavy atom. The Labute approximate surface area is 223 Å². The molecule has 3 saturated heterocycles. The van der Waals surface area contributed by atoms with Gasteiger partial charge in [-0.3, -0.25) is 9.69 Å². The van der Waals surface area contributed by atoms with Crippen LogP contribution in [0.4, 0.5) is 5.69 Å². The molecule has 0 aliphatic carbocycles. The zero-order valence-electron chi connectivity index (χ0n) is 21.6. The van der Waals surface area contributed by atoms with Gasteiger partial charge >= 0.3 is 0 Å². The van der Waals surface area contributed by atoms with E-state index in [1.54, 1.807) is 36.7 Å². The Balaban J connectivity index is 1.34. The summed E-state index contributed by atoms with van der Waals surface area (Å²) in [4.78, 5) is 19.8. The van der Waals surface area contributed by atoms with Crippen LogP contribution in [-0.2, 0) is 21.4 Å². The topological polar surface area (TPSA) is 147 Å². The number of piperidine rings is 2. The predicted octanol–water partition coefficient (Wildman–Crippen LogP) is 0.936. The number of hydrogen-bond acceptors (Lipinski definition) is 10. The lowest BCUT2D eigenvalue weighted by atomic mass is 9.81. The van der Waals surface area contributed by atoms with Crippen LogP contribution in [0.25, 0.3) is 0 Å². The number of benzene rings is 1. The highest BCUT2D eigenvalue weighted by molar-refractivity contribution is 7.89. The quantitative estimate of drug-likeness (QED) is 0.440. The number of fused-ring (bicyclic) bond motifs is 1. The molecule has 3 unspecified atom stereocenters. The van der Waals surface area contributed by atoms with Crippen molar-refractivity contribution in [1.29, 1.82) is 5.26 Å². The van der Waals surface area contributed by atoms with Crippen molar-refractivity contribution in [2.45, 2.75) is 54.9 Å². The summed E-state index contributed by atoms with van der Waals surface area (Å²) in [5, 5.41) is 18.4. The molecule has 1 amide bonds. The van der Waals surface area contributed by atoms with Gasteiger partial charge in [0.25, 0.3) is 0 Å². The number of carbonyl (C=O) groups excluding carboxylic acids is 1. The van der Waals surface area contributed by atoms with Crippen LogP contribution in [0, 0.1) is 17.2 Å². The summed E-state index contributed by atoms with van der Waals surface area (Å²) in [5.41, 5.74) is 3.85. The van der Waals surface area contributed by atoms with E-state index >= 15 is 0 Å². The third-order valence-electron chi connectivity index (χ3n) is 7.93. The number of hydrazine groups is 1. The molecule has 38 heavy (non-hydrogen) atoms. The molecule has 0 saturated carbocycles. The van der Waals surface area contributed by atoms with Gasteiger partial charge in [-0.1, -0.05) is 0 Å². The van der Waals surface area contributed by atoms with E-state index in [9.17, 15) is 18.5 Å². The van der Waals surface area contributed by atoms with E-state index in [0.29, 0.717) is 31.1 Å². The van der Waals surface area contributed by atoms with Gasteiger partial charge in [0.2, 0.25) is 21.8 Å². The Hall–Kier alpha value is -3.02. The van der Waals surface area contributed by atoms with Crippen LogP contribution in [0.2, 0.25) is 0 Å². The first-order valence-corrected chi connectivity index (χ1v) is 14.3. The van der Waals surface area contributed by atoms with Crippen molar-refractivity contribution in [2.75, 3.05) is 39.0 Å². The summed E-state index contributed by atoms with van der Waals surface area (Å²) in [6, 6.07) is 8.88. The van der Waals surface area contributed by atoms with Gasteiger partial charge in [0.1, 0.15) is 12.4 Å². The normalized spacial score (nSPS) is 26.1. The van der Waals surface area contributed by atoms with Gasteiger partial charge in [-0.2, -0.15) is 5.26 Å². The third-order valence-corrected chi connectivity index (χ3v) is 9.76. The molecule has 13 heteroatoms. The third kappa shape index (κ3) is 5.02. The summed E-state index contributed by atoms with van der Waals surface area (Å²) < 4.78 is 31.5. The van der Waals surface area contributed by atoms with Gasteiger partial charge < -0.3 is 15.1 Å². The Bertz CT molecular complexity index is 1270. The van der Waals surface area contributed by atoms with Crippen molar-refractivity contribution in [2.24, 2.45) is 5.92 Å². The van der Waals surface area contributed by atoms with Crippen LogP contribution >= 0.6 is 0 Å². The standard InChI is InChI=1S/C25H34N8O4S/c1-31(2)38(35,36)19-5-3-18(4-6-19)29-23-22-20(7-12-28-24(22)34)33(30-23)25(8-11-26)9-14-32(15-10-25)17-21-27-13-16-37-21/h3-6,13,16,20,22-23,29-30H,7-10,12,14-15,17H2,1-2H3,(H,28,34). The second-order valence-electron chi connectivity index (χ2n) is 10.4. The van der Waals surface area contributed by atoms with E-state index in [-0.39, 0.29) is 22.8 Å². The van der Waals surface area contributed by atoms with Crippen molar-refractivity contribution in [3.8, 4) is 6.07 Å². The van der Waals surface area contributed by atoms with Gasteiger partial charge in [-0.15, -0.1) is 0 Å². The first kappa shape index (κ1) is 26.6. The van der Waals surface area contributed by atoms with Gasteiger partial charge in [-0.05, 0) is 43.5 Å². The Morgan fingerprint density at radius 1 is 1.26 bits per heavy atom. The number of amides is 1. The van der Waals surface area contributed by atoms with Crippen molar-refractivity contribution >= 4 is 21.6 Å². The molecular weight excluding hydrogens is 508 g/mol. The fourth-order valence-electron chi connectivity index (χ4n) is 5.83. The van der Waals surface area contributed by atoms with E-state index in [2.05, 4.69) is 37.0 Å². The molecule has 0 bridgehead atoms. The molecule has 2 aromatic rings. The molecule has 3 aliphatic rings. The molecule has 3 fully saturated rings. The average Bonchev–Trinajstić information content (AvgIpc) is 3.55. The lowest BCUT2D eigenvalue weighted by molar-refractivity contribution is -0.128. The van der Waals surface area contributed by atoms with Crippen LogP contribution in [-0.4, -0.2) is 85.0 Å². The zero-order valence-corrected chi connectivity index (χ0v) is 22.4. The second kappa shape index (κ2) is 10.6. The molecule has 3 aliphatic heterocycles. The molecule has 0 spiro atoms. The van der Waals surface area contributed by atoms with Crippen molar-refractivity contribution < 1.29 is 17.6 Å². The van der Waals surface area contributed by atoms with Gasteiger partial charge in [0.05, 0.1) is 41.6 Å². The number of nitrogens with one attached hydrogen (secondary N) is 3. The number of oxazole rings is 1. The Morgan fingerprint density at radius 2 is 2.00 bits per heavy atom. The fraction of sp³-hybridized carbons (Fsp3) is 0.560. The summed E-state index contributed by atoms with van der Waals surface area (Å²) in [6.07, 6.45) is 5.47. The van der Waals surface area contributed by atoms with E-state index in [1.165, 1.54) is 18.4 Å². The molecule has 204 valence electrons. The van der Waals surface area contributed by atoms with Crippen molar-refractivity contribution in [3.05, 3.63) is 42.6 Å². The second-order valence-corrected chi connectivity index (χ2v) is 12.5. The maximum Gasteiger partial charge on any atom is 0.242 e. The van der Waals surface area contributed by atoms with Gasteiger partial charge in [-0.25, -0.2) is 28.1 Å². The number of nitriles is 1. The molecule has 12 nitrogen and oxygen atoms in total. The molecular formula is C25H34N8O4S. The number of rotatable bonds is 8. The number of sulfonamides is 1. The maximum atomic E-state index is 13.1. The lowest BCUT2D eigenvalue weighted by Gasteiger charge is -2.48. The summed E-state index contributed by atoms with van der Waals surface area (Å²) >= 11 is 0. The molecule has 3 atom stereocenters. The first-order chi connectivity index (χ1) is 18.2. The molecule has 4 heterocycles. The number of anilines is 1. The van der Waals surface area contributed by atoms with Crippen molar-refractivity contribution in [1.82, 2.24) is 29.9 Å². The highest BCUT2D eigenvalue weighted by Crippen LogP contribution is 2.40. The Kier molecular flexibility index (Phi) is 7.43. The molecule has 1 aromatic carbocycles. The summed E-state index contributed by atoms with van der Waals surface area (Å²) in [6.45, 7) is 2.78. The molecule has 0 radical (unpaired) electrons. The van der Waals surface area contributed by atoms with Crippen LogP contribution in [0.1, 0.15) is 31.6 Å². The monoisotopic (exact) mass is 542 g/mol. The van der Waals surface area contributed by atoms with Crippen LogP contribution in [0.15, 0.2) is 46.0 Å². The van der Waals surface area contributed by atoms with E-state index in [4.69, 9.17) is 4.42 Å². The largest absolute Gasteiger partial charge is 0.448 e.